The minimum absolute atomic E-state index is 0.00213. The molecular weight excluding hydrogens is 387 g/mol. The molecule has 2 radical (unpaired) electrons. The molecule has 2 N–H and O–H groups in total. The number of rotatable bonds is 6. The van der Waals surface area contributed by atoms with E-state index in [1.807, 2.05) is 0 Å². The van der Waals surface area contributed by atoms with Crippen molar-refractivity contribution >= 4 is 35.5 Å². The van der Waals surface area contributed by atoms with Crippen LogP contribution in [0.3, 0.4) is 0 Å². The van der Waals surface area contributed by atoms with Crippen molar-refractivity contribution < 1.29 is 18.0 Å². The molecule has 0 aromatic heterocycles. The van der Waals surface area contributed by atoms with E-state index in [0.717, 1.165) is 38.4 Å². The van der Waals surface area contributed by atoms with Crippen LogP contribution >= 0.6 is 0 Å². The van der Waals surface area contributed by atoms with Gasteiger partial charge in [0.15, 0.2) is 0 Å². The van der Waals surface area contributed by atoms with Crippen LogP contribution in [0, 0.1) is 23.2 Å². The fraction of sp³-hybridized carbons (Fsp3) is 0.619. The van der Waals surface area contributed by atoms with E-state index < -0.39 is 15.6 Å². The number of nitrogens with one attached hydrogen (secondary N) is 2. The van der Waals surface area contributed by atoms with Crippen molar-refractivity contribution in [3.8, 4) is 0 Å². The molecule has 0 saturated heterocycles. The Hall–Kier alpha value is -1.67. The predicted molar refractivity (Wildman–Crippen MR) is 110 cm³/mol. The maximum Gasteiger partial charge on any atom is 0.240 e. The first kappa shape index (κ1) is 20.6. The number of hydrogen-bond acceptors (Lipinski definition) is 4. The first-order valence-corrected chi connectivity index (χ1v) is 11.7. The average Bonchev–Trinajstić information content (AvgIpc) is 2.63. The summed E-state index contributed by atoms with van der Waals surface area (Å²) in [6.45, 7) is 3.12. The van der Waals surface area contributed by atoms with Crippen molar-refractivity contribution in [2.45, 2.75) is 62.4 Å². The summed E-state index contributed by atoms with van der Waals surface area (Å²) >= 11 is 0. The van der Waals surface area contributed by atoms with Gasteiger partial charge in [-0.05, 0) is 69.8 Å². The van der Waals surface area contributed by atoms with Gasteiger partial charge in [-0.25, -0.2) is 8.42 Å². The van der Waals surface area contributed by atoms with E-state index >= 15 is 0 Å². The number of carbonyl (C=O) groups is 2. The third-order valence-corrected chi connectivity index (χ3v) is 8.76. The molecular formula is C21H27BN2O4S. The van der Waals surface area contributed by atoms with Crippen LogP contribution in [0.4, 0.5) is 0 Å². The highest BCUT2D eigenvalue weighted by molar-refractivity contribution is 7.89. The Balaban J connectivity index is 1.48. The highest BCUT2D eigenvalue weighted by Crippen LogP contribution is 2.59. The monoisotopic (exact) mass is 414 g/mol. The Kier molecular flexibility index (Phi) is 4.93. The van der Waals surface area contributed by atoms with E-state index in [0.29, 0.717) is 5.92 Å². The molecule has 2 atom stereocenters. The second-order valence-corrected chi connectivity index (χ2v) is 11.4. The van der Waals surface area contributed by atoms with Gasteiger partial charge in [0.25, 0.3) is 0 Å². The van der Waals surface area contributed by atoms with Crippen LogP contribution in [0.25, 0.3) is 0 Å². The van der Waals surface area contributed by atoms with Gasteiger partial charge in [-0.1, -0.05) is 23.7 Å². The first-order chi connectivity index (χ1) is 13.6. The van der Waals surface area contributed by atoms with Crippen molar-refractivity contribution in [1.82, 2.24) is 10.0 Å². The Morgan fingerprint density at radius 3 is 2.38 bits per heavy atom. The molecule has 0 aliphatic heterocycles. The molecule has 1 aromatic rings. The maximum atomic E-state index is 13.1. The minimum atomic E-state index is -3.95. The third kappa shape index (κ3) is 3.65. The van der Waals surface area contributed by atoms with Crippen LogP contribution < -0.4 is 15.5 Å². The smallest absolute Gasteiger partial charge is 0.240 e. The van der Waals surface area contributed by atoms with Gasteiger partial charge in [0.05, 0.1) is 4.90 Å². The highest BCUT2D eigenvalue weighted by atomic mass is 32.2. The first-order valence-electron chi connectivity index (χ1n) is 10.2. The van der Waals surface area contributed by atoms with Crippen LogP contribution in [0.5, 0.6) is 0 Å². The third-order valence-electron chi connectivity index (χ3n) is 7.03. The van der Waals surface area contributed by atoms with Crippen molar-refractivity contribution in [2.75, 3.05) is 0 Å². The summed E-state index contributed by atoms with van der Waals surface area (Å²) in [7, 11) is 1.86. The van der Waals surface area contributed by atoms with Crippen LogP contribution in [-0.4, -0.2) is 40.0 Å². The molecule has 0 spiro atoms. The predicted octanol–water partition coefficient (Wildman–Crippen LogP) is 1.05. The van der Waals surface area contributed by atoms with E-state index in [4.69, 9.17) is 7.85 Å². The number of benzene rings is 1. The quantitative estimate of drug-likeness (QED) is 0.538. The fourth-order valence-electron chi connectivity index (χ4n) is 5.96. The van der Waals surface area contributed by atoms with Gasteiger partial charge in [-0.2, -0.15) is 4.72 Å². The van der Waals surface area contributed by atoms with Crippen LogP contribution in [0.15, 0.2) is 29.2 Å². The molecule has 29 heavy (non-hydrogen) atoms. The molecule has 4 aliphatic rings. The summed E-state index contributed by atoms with van der Waals surface area (Å²) in [6, 6.07) is 6.18. The Morgan fingerprint density at radius 2 is 1.79 bits per heavy atom. The number of amides is 1. The SMILES string of the molecule is [B]c1ccccc1S(=O)(=O)NC(C)(C)C(=O)NC1C2CC3CC1CC(C=O)(C3)C2. The van der Waals surface area contributed by atoms with Crippen molar-refractivity contribution in [3.63, 3.8) is 0 Å². The number of hydrogen-bond donors (Lipinski definition) is 2. The lowest BCUT2D eigenvalue weighted by molar-refractivity contribution is -0.139. The number of sulfonamides is 1. The molecule has 154 valence electrons. The minimum Gasteiger partial charge on any atom is -0.351 e. The molecule has 2 unspecified atom stereocenters. The topological polar surface area (TPSA) is 92.3 Å². The molecule has 4 fully saturated rings. The van der Waals surface area contributed by atoms with Crippen molar-refractivity contribution in [2.24, 2.45) is 23.2 Å². The normalized spacial score (nSPS) is 33.4. The van der Waals surface area contributed by atoms with Crippen molar-refractivity contribution in [3.05, 3.63) is 24.3 Å². The van der Waals surface area contributed by atoms with E-state index in [1.54, 1.807) is 26.0 Å². The molecule has 1 aromatic carbocycles. The summed E-state index contributed by atoms with van der Waals surface area (Å²) in [5.74, 6) is 0.784. The maximum absolute atomic E-state index is 13.1. The van der Waals surface area contributed by atoms with Gasteiger partial charge in [0, 0.05) is 11.5 Å². The number of carbonyl (C=O) groups excluding carboxylic acids is 2. The largest absolute Gasteiger partial charge is 0.351 e. The Morgan fingerprint density at radius 1 is 1.17 bits per heavy atom. The fourth-order valence-corrected chi connectivity index (χ4v) is 7.47. The summed E-state index contributed by atoms with van der Waals surface area (Å²) < 4.78 is 28.1. The second kappa shape index (κ2) is 6.94. The zero-order valence-electron chi connectivity index (χ0n) is 16.9. The average molecular weight is 414 g/mol. The van der Waals surface area contributed by atoms with Gasteiger partial charge in [-0.3, -0.25) is 4.79 Å². The van der Waals surface area contributed by atoms with E-state index in [-0.39, 0.29) is 39.6 Å². The standard InChI is InChI=1S/C21H27BN2O4S/c1-20(2,24-29(27,28)17-6-4-3-5-16(17)22)19(26)23-18-14-7-13-8-15(18)11-21(9-13,10-14)12-25/h3-6,12-15,18,24H,7-11H2,1-2H3,(H,23,26). The van der Waals surface area contributed by atoms with Gasteiger partial charge in [0.2, 0.25) is 15.9 Å². The molecule has 4 aliphatic carbocycles. The lowest BCUT2D eigenvalue weighted by Gasteiger charge is -2.58. The zero-order valence-corrected chi connectivity index (χ0v) is 17.7. The van der Waals surface area contributed by atoms with E-state index in [9.17, 15) is 18.0 Å². The summed E-state index contributed by atoms with van der Waals surface area (Å²) in [5, 5.41) is 3.12. The lowest BCUT2D eigenvalue weighted by atomic mass is 9.48. The van der Waals surface area contributed by atoms with Crippen molar-refractivity contribution in [1.29, 1.82) is 0 Å². The van der Waals surface area contributed by atoms with E-state index in [1.165, 1.54) is 12.1 Å². The Bertz CT molecular complexity index is 930. The summed E-state index contributed by atoms with van der Waals surface area (Å²) in [5.41, 5.74) is -1.41. The molecule has 1 amide bonds. The molecule has 0 heterocycles. The molecule has 4 bridgehead atoms. The molecule has 8 heteroatoms. The van der Waals surface area contributed by atoms with Gasteiger partial charge in [0.1, 0.15) is 19.7 Å². The van der Waals surface area contributed by atoms with Gasteiger partial charge < -0.3 is 10.1 Å². The summed E-state index contributed by atoms with van der Waals surface area (Å²) in [6.07, 6.45) is 5.82. The summed E-state index contributed by atoms with van der Waals surface area (Å²) in [4.78, 5) is 24.7. The van der Waals surface area contributed by atoms with Crippen LogP contribution in [0.1, 0.15) is 46.0 Å². The molecule has 5 rings (SSSR count). The zero-order chi connectivity index (χ0) is 21.0. The molecule has 6 nitrogen and oxygen atoms in total. The highest BCUT2D eigenvalue weighted by Gasteiger charge is 2.56. The van der Waals surface area contributed by atoms with Crippen LogP contribution in [0.2, 0.25) is 0 Å². The van der Waals surface area contributed by atoms with Gasteiger partial charge >= 0.3 is 0 Å². The van der Waals surface area contributed by atoms with Crippen LogP contribution in [-0.2, 0) is 19.6 Å². The second-order valence-electron chi connectivity index (χ2n) is 9.72. The number of aldehydes is 1. The Labute approximate surface area is 173 Å². The molecule has 4 saturated carbocycles. The van der Waals surface area contributed by atoms with E-state index in [2.05, 4.69) is 10.0 Å². The van der Waals surface area contributed by atoms with Gasteiger partial charge in [-0.15, -0.1) is 0 Å². The lowest BCUT2D eigenvalue weighted by Crippen LogP contribution is -2.63.